The predicted molar refractivity (Wildman–Crippen MR) is 43.9 cm³/mol. The number of halogens is 1. The van der Waals surface area contributed by atoms with E-state index in [9.17, 15) is 4.39 Å². The fourth-order valence-electron chi connectivity index (χ4n) is 1.30. The average molecular weight is 161 g/mol. The van der Waals surface area contributed by atoms with Crippen LogP contribution in [0.2, 0.25) is 0 Å². The Labute approximate surface area is 70.6 Å². The SMILES string of the molecule is C#CC1(c2ccc(F)nc2)CC1. The Morgan fingerprint density at radius 2 is 2.25 bits per heavy atom. The summed E-state index contributed by atoms with van der Waals surface area (Å²) in [6, 6.07) is 3.07. The summed E-state index contributed by atoms with van der Waals surface area (Å²) in [5, 5.41) is 0. The highest BCUT2D eigenvalue weighted by Gasteiger charge is 2.42. The maximum atomic E-state index is 12.4. The lowest BCUT2D eigenvalue weighted by Gasteiger charge is -2.05. The summed E-state index contributed by atoms with van der Waals surface area (Å²) in [5.74, 6) is 2.27. The molecule has 0 aromatic carbocycles. The lowest BCUT2D eigenvalue weighted by atomic mass is 9.99. The highest BCUT2D eigenvalue weighted by Crippen LogP contribution is 2.47. The Bertz CT molecular complexity index is 330. The van der Waals surface area contributed by atoms with Crippen LogP contribution in [0, 0.1) is 18.3 Å². The molecule has 0 amide bonds. The minimum Gasteiger partial charge on any atom is -0.228 e. The predicted octanol–water partition coefficient (Wildman–Crippen LogP) is 1.89. The third-order valence-electron chi connectivity index (χ3n) is 2.31. The molecule has 0 N–H and O–H groups in total. The molecule has 1 aromatic rings. The van der Waals surface area contributed by atoms with Crippen LogP contribution in [0.5, 0.6) is 0 Å². The van der Waals surface area contributed by atoms with Crippen molar-refractivity contribution in [1.82, 2.24) is 4.98 Å². The lowest BCUT2D eigenvalue weighted by molar-refractivity contribution is 0.581. The fourth-order valence-corrected chi connectivity index (χ4v) is 1.30. The van der Waals surface area contributed by atoms with Crippen molar-refractivity contribution in [2.45, 2.75) is 18.3 Å². The van der Waals surface area contributed by atoms with E-state index in [0.717, 1.165) is 18.4 Å². The van der Waals surface area contributed by atoms with Crippen molar-refractivity contribution in [3.05, 3.63) is 29.8 Å². The van der Waals surface area contributed by atoms with Crippen molar-refractivity contribution in [3.63, 3.8) is 0 Å². The van der Waals surface area contributed by atoms with E-state index in [-0.39, 0.29) is 5.41 Å². The van der Waals surface area contributed by atoms with E-state index in [4.69, 9.17) is 6.42 Å². The van der Waals surface area contributed by atoms with Gasteiger partial charge in [0.1, 0.15) is 0 Å². The Morgan fingerprint density at radius 3 is 2.67 bits per heavy atom. The summed E-state index contributed by atoms with van der Waals surface area (Å²) in [4.78, 5) is 3.57. The van der Waals surface area contributed by atoms with E-state index in [1.54, 1.807) is 6.07 Å². The molecule has 1 fully saturated rings. The van der Waals surface area contributed by atoms with Gasteiger partial charge in [0, 0.05) is 6.20 Å². The first-order valence-corrected chi connectivity index (χ1v) is 3.87. The molecule has 0 saturated heterocycles. The normalized spacial score (nSPS) is 18.3. The molecule has 1 aliphatic carbocycles. The van der Waals surface area contributed by atoms with E-state index >= 15 is 0 Å². The van der Waals surface area contributed by atoms with Gasteiger partial charge in [-0.05, 0) is 24.5 Å². The molecule has 0 radical (unpaired) electrons. The number of pyridine rings is 1. The van der Waals surface area contributed by atoms with Gasteiger partial charge >= 0.3 is 0 Å². The van der Waals surface area contributed by atoms with Crippen LogP contribution in [0.4, 0.5) is 4.39 Å². The van der Waals surface area contributed by atoms with Gasteiger partial charge in [0.2, 0.25) is 5.95 Å². The number of hydrogen-bond donors (Lipinski definition) is 0. The molecule has 60 valence electrons. The van der Waals surface area contributed by atoms with Crippen molar-refractivity contribution in [2.24, 2.45) is 0 Å². The van der Waals surface area contributed by atoms with Crippen molar-refractivity contribution < 1.29 is 4.39 Å². The molecule has 0 bridgehead atoms. The highest BCUT2D eigenvalue weighted by molar-refractivity contribution is 5.38. The van der Waals surface area contributed by atoms with Gasteiger partial charge in [-0.1, -0.05) is 12.0 Å². The zero-order chi connectivity index (χ0) is 8.60. The first-order valence-electron chi connectivity index (χ1n) is 3.87. The van der Waals surface area contributed by atoms with Gasteiger partial charge in [0.05, 0.1) is 5.41 Å². The van der Waals surface area contributed by atoms with Crippen LogP contribution < -0.4 is 0 Å². The van der Waals surface area contributed by atoms with E-state index in [1.807, 2.05) is 0 Å². The summed E-state index contributed by atoms with van der Waals surface area (Å²) in [7, 11) is 0. The van der Waals surface area contributed by atoms with Gasteiger partial charge in [-0.3, -0.25) is 0 Å². The number of hydrogen-bond acceptors (Lipinski definition) is 1. The second-order valence-corrected chi connectivity index (χ2v) is 3.10. The molecule has 1 aromatic heterocycles. The molecule has 0 atom stereocenters. The van der Waals surface area contributed by atoms with Crippen molar-refractivity contribution >= 4 is 0 Å². The number of terminal acetylenes is 1. The van der Waals surface area contributed by atoms with Crippen LogP contribution in [0.1, 0.15) is 18.4 Å². The molecule has 1 nitrogen and oxygen atoms in total. The van der Waals surface area contributed by atoms with Gasteiger partial charge in [-0.25, -0.2) is 4.98 Å². The molecule has 12 heavy (non-hydrogen) atoms. The van der Waals surface area contributed by atoms with Crippen molar-refractivity contribution in [2.75, 3.05) is 0 Å². The summed E-state index contributed by atoms with van der Waals surface area (Å²) in [6.07, 6.45) is 8.89. The second-order valence-electron chi connectivity index (χ2n) is 3.10. The quantitative estimate of drug-likeness (QED) is 0.452. The van der Waals surface area contributed by atoms with E-state index < -0.39 is 5.95 Å². The second kappa shape index (κ2) is 2.31. The Kier molecular flexibility index (Phi) is 1.41. The Balaban J connectivity index is 2.37. The molecule has 1 saturated carbocycles. The third-order valence-corrected chi connectivity index (χ3v) is 2.31. The molecule has 0 unspecified atom stereocenters. The van der Waals surface area contributed by atoms with Crippen LogP contribution in [-0.4, -0.2) is 4.98 Å². The Morgan fingerprint density at radius 1 is 1.50 bits per heavy atom. The summed E-state index contributed by atoms with van der Waals surface area (Å²) >= 11 is 0. The van der Waals surface area contributed by atoms with Gasteiger partial charge in [-0.15, -0.1) is 6.42 Å². The van der Waals surface area contributed by atoms with Crippen LogP contribution >= 0.6 is 0 Å². The zero-order valence-corrected chi connectivity index (χ0v) is 6.55. The van der Waals surface area contributed by atoms with E-state index in [2.05, 4.69) is 10.9 Å². The monoisotopic (exact) mass is 161 g/mol. The summed E-state index contributed by atoms with van der Waals surface area (Å²) in [6.45, 7) is 0. The smallest absolute Gasteiger partial charge is 0.212 e. The van der Waals surface area contributed by atoms with Gasteiger partial charge < -0.3 is 0 Å². The minimum absolute atomic E-state index is 0.124. The molecule has 2 heteroatoms. The topological polar surface area (TPSA) is 12.9 Å². The van der Waals surface area contributed by atoms with Crippen LogP contribution in [0.25, 0.3) is 0 Å². The third kappa shape index (κ3) is 0.984. The zero-order valence-electron chi connectivity index (χ0n) is 6.55. The number of aromatic nitrogens is 1. The molecular formula is C10H8FN. The van der Waals surface area contributed by atoms with Gasteiger partial charge in [-0.2, -0.15) is 4.39 Å². The summed E-state index contributed by atoms with van der Waals surface area (Å²) in [5.41, 5.74) is 0.840. The molecule has 1 heterocycles. The van der Waals surface area contributed by atoms with E-state index in [0.29, 0.717) is 0 Å². The van der Waals surface area contributed by atoms with Crippen LogP contribution in [-0.2, 0) is 5.41 Å². The molecule has 0 spiro atoms. The first kappa shape index (κ1) is 7.30. The summed E-state index contributed by atoms with van der Waals surface area (Å²) < 4.78 is 12.4. The van der Waals surface area contributed by atoms with Crippen molar-refractivity contribution in [1.29, 1.82) is 0 Å². The maximum Gasteiger partial charge on any atom is 0.212 e. The standard InChI is InChI=1S/C10H8FN/c1-2-10(5-6-10)8-3-4-9(11)12-7-8/h1,3-4,7H,5-6H2. The van der Waals surface area contributed by atoms with Gasteiger partial charge in [0.25, 0.3) is 0 Å². The first-order chi connectivity index (χ1) is 5.77. The van der Waals surface area contributed by atoms with Crippen molar-refractivity contribution in [3.8, 4) is 12.3 Å². The maximum absolute atomic E-state index is 12.4. The molecular weight excluding hydrogens is 153 g/mol. The molecule has 0 aliphatic heterocycles. The average Bonchev–Trinajstić information content (AvgIpc) is 2.86. The number of nitrogens with zero attached hydrogens (tertiary/aromatic N) is 1. The van der Waals surface area contributed by atoms with E-state index in [1.165, 1.54) is 12.3 Å². The molecule has 2 rings (SSSR count). The van der Waals surface area contributed by atoms with Crippen LogP contribution in [0.3, 0.4) is 0 Å². The molecule has 1 aliphatic rings. The minimum atomic E-state index is -0.452. The largest absolute Gasteiger partial charge is 0.228 e. The Hall–Kier alpha value is -1.36. The van der Waals surface area contributed by atoms with Gasteiger partial charge in [0.15, 0.2) is 0 Å². The number of rotatable bonds is 1. The lowest BCUT2D eigenvalue weighted by Crippen LogP contribution is -2.02. The van der Waals surface area contributed by atoms with Crippen LogP contribution in [0.15, 0.2) is 18.3 Å². The fraction of sp³-hybridized carbons (Fsp3) is 0.300. The highest BCUT2D eigenvalue weighted by atomic mass is 19.1.